The van der Waals surface area contributed by atoms with Gasteiger partial charge >= 0.3 is 0 Å². The topological polar surface area (TPSA) is 46.2 Å². The van der Waals surface area contributed by atoms with Gasteiger partial charge in [-0.2, -0.15) is 0 Å². The van der Waals surface area contributed by atoms with Crippen LogP contribution in [-0.4, -0.2) is 27.4 Å². The van der Waals surface area contributed by atoms with Crippen LogP contribution in [0.4, 0.5) is 0 Å². The minimum Gasteiger partial charge on any atom is -0.497 e. The Hall–Kier alpha value is -3.96. The number of ether oxygens (including phenoxy) is 5. The molecule has 0 bridgehead atoms. The molecule has 0 aliphatic carbocycles. The van der Waals surface area contributed by atoms with E-state index in [9.17, 15) is 0 Å². The average molecular weight is 537 g/mol. The van der Waals surface area contributed by atoms with Gasteiger partial charge < -0.3 is 23.7 Å². The summed E-state index contributed by atoms with van der Waals surface area (Å²) in [6, 6.07) is 33.5. The zero-order valence-corrected chi connectivity index (χ0v) is 23.3. The highest BCUT2D eigenvalue weighted by molar-refractivity contribution is 5.43. The molecule has 0 aromatic heterocycles. The minimum atomic E-state index is -0.152. The van der Waals surface area contributed by atoms with E-state index in [2.05, 4.69) is 60.7 Å². The highest BCUT2D eigenvalue weighted by Gasteiger charge is 2.49. The summed E-state index contributed by atoms with van der Waals surface area (Å²) in [5, 5.41) is 0. The monoisotopic (exact) mass is 536 g/mol. The van der Waals surface area contributed by atoms with Crippen LogP contribution in [0.3, 0.4) is 0 Å². The highest BCUT2D eigenvalue weighted by atomic mass is 16.5. The van der Waals surface area contributed by atoms with Crippen LogP contribution in [0.1, 0.15) is 53.2 Å². The van der Waals surface area contributed by atoms with Gasteiger partial charge in [-0.05, 0) is 89.9 Å². The van der Waals surface area contributed by atoms with E-state index in [1.54, 1.807) is 21.3 Å². The fraction of sp³-hybridized carbons (Fsp3) is 0.314. The first kappa shape index (κ1) is 26.3. The fourth-order valence-electron chi connectivity index (χ4n) is 6.30. The molecule has 0 N–H and O–H groups in total. The molecule has 2 aliphatic heterocycles. The van der Waals surface area contributed by atoms with Crippen LogP contribution in [0, 0.1) is 5.92 Å². The Morgan fingerprint density at radius 2 is 1.20 bits per heavy atom. The van der Waals surface area contributed by atoms with E-state index in [0.29, 0.717) is 5.92 Å². The highest BCUT2D eigenvalue weighted by Crippen LogP contribution is 2.57. The van der Waals surface area contributed by atoms with Crippen molar-refractivity contribution in [1.82, 2.24) is 0 Å². The zero-order valence-electron chi connectivity index (χ0n) is 23.3. The van der Waals surface area contributed by atoms with E-state index < -0.39 is 0 Å². The number of hydrogen-bond donors (Lipinski definition) is 0. The summed E-state index contributed by atoms with van der Waals surface area (Å²) in [6.07, 6.45) is 2.66. The van der Waals surface area contributed by atoms with Gasteiger partial charge in [0, 0.05) is 5.92 Å². The van der Waals surface area contributed by atoms with Crippen LogP contribution in [0.2, 0.25) is 0 Å². The van der Waals surface area contributed by atoms with Crippen molar-refractivity contribution in [1.29, 1.82) is 0 Å². The van der Waals surface area contributed by atoms with E-state index in [1.165, 1.54) is 11.1 Å². The molecule has 5 heteroatoms. The second kappa shape index (κ2) is 11.6. The number of hydrogen-bond acceptors (Lipinski definition) is 5. The first-order valence-corrected chi connectivity index (χ1v) is 14.0. The number of benzene rings is 4. The van der Waals surface area contributed by atoms with E-state index in [0.717, 1.165) is 53.4 Å². The summed E-state index contributed by atoms with van der Waals surface area (Å²) in [4.78, 5) is 0. The molecule has 6 rings (SSSR count). The average Bonchev–Trinajstić information content (AvgIpc) is 3.03. The van der Waals surface area contributed by atoms with Gasteiger partial charge in [-0.15, -0.1) is 0 Å². The quantitative estimate of drug-likeness (QED) is 0.231. The van der Waals surface area contributed by atoms with E-state index in [4.69, 9.17) is 23.7 Å². The normalized spacial score (nSPS) is 23.3. The summed E-state index contributed by atoms with van der Waals surface area (Å²) in [5.74, 6) is 3.91. The lowest BCUT2D eigenvalue weighted by atomic mass is 9.69. The summed E-state index contributed by atoms with van der Waals surface area (Å²) < 4.78 is 30.1. The Bertz CT molecular complexity index is 1400. The third-order valence-corrected chi connectivity index (χ3v) is 8.39. The van der Waals surface area contributed by atoms with Crippen LogP contribution < -0.4 is 18.9 Å². The molecule has 0 radical (unpaired) electrons. The lowest BCUT2D eigenvalue weighted by Crippen LogP contribution is -2.42. The van der Waals surface area contributed by atoms with Crippen molar-refractivity contribution in [3.05, 3.63) is 119 Å². The van der Waals surface area contributed by atoms with Gasteiger partial charge in [0.25, 0.3) is 0 Å². The minimum absolute atomic E-state index is 0.105. The molecule has 0 unspecified atom stereocenters. The maximum absolute atomic E-state index is 7.02. The molecule has 4 aromatic carbocycles. The molecule has 5 nitrogen and oxygen atoms in total. The lowest BCUT2D eigenvalue weighted by Gasteiger charge is -2.49. The molecule has 0 amide bonds. The number of methoxy groups -OCH3 is 3. The molecular weight excluding hydrogens is 500 g/mol. The number of aryl methyl sites for hydroxylation is 1. The van der Waals surface area contributed by atoms with Gasteiger partial charge in [0.2, 0.25) is 0 Å². The molecule has 1 saturated heterocycles. The molecular formula is C35H36O5. The molecule has 2 aliphatic rings. The van der Waals surface area contributed by atoms with Gasteiger partial charge in [-0.1, -0.05) is 54.6 Å². The Balaban J connectivity index is 1.36. The summed E-state index contributed by atoms with van der Waals surface area (Å²) in [7, 11) is 5.09. The number of rotatable bonds is 8. The molecule has 0 saturated carbocycles. The van der Waals surface area contributed by atoms with E-state index >= 15 is 0 Å². The van der Waals surface area contributed by atoms with E-state index in [-0.39, 0.29) is 24.2 Å². The lowest BCUT2D eigenvalue weighted by molar-refractivity contribution is -0.133. The third kappa shape index (κ3) is 5.26. The van der Waals surface area contributed by atoms with Gasteiger partial charge in [-0.3, -0.25) is 0 Å². The molecule has 1 fully saturated rings. The molecule has 2 heterocycles. The maximum atomic E-state index is 7.02. The number of para-hydroxylation sites is 1. The largest absolute Gasteiger partial charge is 0.497 e. The first-order valence-electron chi connectivity index (χ1n) is 14.0. The third-order valence-electron chi connectivity index (χ3n) is 8.39. The van der Waals surface area contributed by atoms with Crippen LogP contribution in [0.25, 0.3) is 0 Å². The van der Waals surface area contributed by atoms with Crippen molar-refractivity contribution < 1.29 is 23.7 Å². The van der Waals surface area contributed by atoms with Crippen molar-refractivity contribution in [2.24, 2.45) is 5.92 Å². The molecule has 40 heavy (non-hydrogen) atoms. The van der Waals surface area contributed by atoms with Crippen molar-refractivity contribution in [3.8, 4) is 23.0 Å². The Labute approximate surface area is 236 Å². The van der Waals surface area contributed by atoms with Crippen molar-refractivity contribution in [2.45, 2.75) is 43.5 Å². The summed E-state index contributed by atoms with van der Waals surface area (Å²) in [5.41, 5.74) is 4.83. The summed E-state index contributed by atoms with van der Waals surface area (Å²) >= 11 is 0. The first-order chi connectivity index (χ1) is 19.7. The van der Waals surface area contributed by atoms with Gasteiger partial charge in [0.15, 0.2) is 0 Å². The standard InChI is InChI=1S/C35H36O5/c1-36-26-15-8-23(9-16-26)10-17-29-22-31-30-6-4-5-7-32(30)40-35(25-13-20-28(38-3)21-14-25)33(31)34(39-29)24-11-18-27(37-2)19-12-24/h4-9,11-16,18-21,29,31,33-35H,10,17,22H2,1-3H3/t29-,31-,33-,34+,35-/m1/s1. The van der Waals surface area contributed by atoms with Crippen LogP contribution in [-0.2, 0) is 11.2 Å². The van der Waals surface area contributed by atoms with Crippen LogP contribution in [0.5, 0.6) is 23.0 Å². The second-order valence-corrected chi connectivity index (χ2v) is 10.6. The molecule has 4 aromatic rings. The second-order valence-electron chi connectivity index (χ2n) is 10.6. The Morgan fingerprint density at radius 1 is 0.650 bits per heavy atom. The van der Waals surface area contributed by atoms with Crippen LogP contribution >= 0.6 is 0 Å². The fourth-order valence-corrected chi connectivity index (χ4v) is 6.30. The summed E-state index contributed by atoms with van der Waals surface area (Å²) in [6.45, 7) is 0. The Kier molecular flexibility index (Phi) is 7.65. The predicted molar refractivity (Wildman–Crippen MR) is 156 cm³/mol. The maximum Gasteiger partial charge on any atom is 0.130 e. The van der Waals surface area contributed by atoms with Crippen molar-refractivity contribution in [2.75, 3.05) is 21.3 Å². The van der Waals surface area contributed by atoms with Crippen LogP contribution in [0.15, 0.2) is 97.1 Å². The van der Waals surface area contributed by atoms with Gasteiger partial charge in [0.1, 0.15) is 29.1 Å². The zero-order chi connectivity index (χ0) is 27.5. The Morgan fingerprint density at radius 3 is 1.80 bits per heavy atom. The van der Waals surface area contributed by atoms with E-state index in [1.807, 2.05) is 36.4 Å². The molecule has 206 valence electrons. The smallest absolute Gasteiger partial charge is 0.130 e. The molecule has 0 spiro atoms. The predicted octanol–water partition coefficient (Wildman–Crippen LogP) is 7.71. The van der Waals surface area contributed by atoms with Crippen molar-refractivity contribution >= 4 is 0 Å². The van der Waals surface area contributed by atoms with Crippen molar-refractivity contribution in [3.63, 3.8) is 0 Å². The SMILES string of the molecule is COc1ccc(CC[C@@H]2C[C@@H]3c4ccccc4O[C@H](c4ccc(OC)cc4)[C@H]3[C@H](c3ccc(OC)cc3)O2)cc1. The van der Waals surface area contributed by atoms with Gasteiger partial charge in [-0.25, -0.2) is 0 Å². The number of fused-ring (bicyclic) bond motifs is 3. The van der Waals surface area contributed by atoms with Gasteiger partial charge in [0.05, 0.1) is 33.5 Å². The molecule has 5 atom stereocenters.